The number of amides is 1. The lowest BCUT2D eigenvalue weighted by Crippen LogP contribution is -2.31. The van der Waals surface area contributed by atoms with E-state index in [0.717, 1.165) is 5.56 Å². The Balaban J connectivity index is 2.08. The monoisotopic (exact) mass is 363 g/mol. The Kier molecular flexibility index (Phi) is 4.77. The maximum Gasteiger partial charge on any atom is 0.248 e. The standard InChI is InChI=1S/C26H21NO/c27-25(28)20-16-18-24(19-17-20)26(21-10-4-1-5-11-21,22-12-6-2-7-13-22)23-14-8-3-9-15-23/h1-19H,(H2,27,28). The Bertz CT molecular complexity index is 959. The largest absolute Gasteiger partial charge is 0.366 e. The molecule has 28 heavy (non-hydrogen) atoms. The predicted molar refractivity (Wildman–Crippen MR) is 113 cm³/mol. The van der Waals surface area contributed by atoms with Crippen molar-refractivity contribution in [2.75, 3.05) is 0 Å². The molecule has 0 radical (unpaired) electrons. The fourth-order valence-corrected chi connectivity index (χ4v) is 3.95. The highest BCUT2D eigenvalue weighted by Gasteiger charge is 2.38. The average Bonchev–Trinajstić information content (AvgIpc) is 2.77. The zero-order valence-electron chi connectivity index (χ0n) is 15.5. The van der Waals surface area contributed by atoms with Gasteiger partial charge in [-0.3, -0.25) is 4.79 Å². The summed E-state index contributed by atoms with van der Waals surface area (Å²) in [5.74, 6) is -0.420. The maximum atomic E-state index is 11.6. The molecule has 2 heteroatoms. The lowest BCUT2D eigenvalue weighted by Gasteiger charge is -2.36. The molecule has 0 fully saturated rings. The first-order chi connectivity index (χ1) is 13.7. The lowest BCUT2D eigenvalue weighted by molar-refractivity contribution is 0.100. The Labute approximate surface area is 165 Å². The highest BCUT2D eigenvalue weighted by molar-refractivity contribution is 5.92. The van der Waals surface area contributed by atoms with Crippen LogP contribution in [0.3, 0.4) is 0 Å². The molecule has 0 aromatic heterocycles. The van der Waals surface area contributed by atoms with Crippen LogP contribution in [0.2, 0.25) is 0 Å². The van der Waals surface area contributed by atoms with Crippen LogP contribution in [0.4, 0.5) is 0 Å². The van der Waals surface area contributed by atoms with Crippen molar-refractivity contribution in [1.29, 1.82) is 0 Å². The molecule has 0 saturated carbocycles. The molecule has 4 aromatic carbocycles. The second-order valence-electron chi connectivity index (χ2n) is 6.79. The van der Waals surface area contributed by atoms with Crippen LogP contribution >= 0.6 is 0 Å². The first-order valence-corrected chi connectivity index (χ1v) is 9.30. The molecular weight excluding hydrogens is 342 g/mol. The molecule has 136 valence electrons. The number of carbonyl (C=O) groups is 1. The van der Waals surface area contributed by atoms with Crippen molar-refractivity contribution >= 4 is 5.91 Å². The number of hydrogen-bond donors (Lipinski definition) is 1. The fraction of sp³-hybridized carbons (Fsp3) is 0.0385. The van der Waals surface area contributed by atoms with Crippen molar-refractivity contribution < 1.29 is 4.79 Å². The summed E-state index contributed by atoms with van der Waals surface area (Å²) in [6.07, 6.45) is 0. The average molecular weight is 363 g/mol. The third-order valence-electron chi connectivity index (χ3n) is 5.22. The number of benzene rings is 4. The number of nitrogens with two attached hydrogens (primary N) is 1. The van der Waals surface area contributed by atoms with Crippen molar-refractivity contribution in [1.82, 2.24) is 0 Å². The molecule has 1 amide bonds. The number of hydrogen-bond acceptors (Lipinski definition) is 1. The molecule has 4 rings (SSSR count). The normalized spacial score (nSPS) is 11.1. The zero-order valence-corrected chi connectivity index (χ0v) is 15.5. The Morgan fingerprint density at radius 1 is 0.500 bits per heavy atom. The summed E-state index contributed by atoms with van der Waals surface area (Å²) in [5.41, 5.74) is 10.1. The second kappa shape index (κ2) is 7.53. The van der Waals surface area contributed by atoms with Crippen LogP contribution in [0.15, 0.2) is 115 Å². The van der Waals surface area contributed by atoms with Gasteiger partial charge in [-0.2, -0.15) is 0 Å². The highest BCUT2D eigenvalue weighted by Crippen LogP contribution is 2.44. The van der Waals surface area contributed by atoms with Gasteiger partial charge in [-0.1, -0.05) is 103 Å². The van der Waals surface area contributed by atoms with Crippen LogP contribution in [-0.4, -0.2) is 5.91 Å². The summed E-state index contributed by atoms with van der Waals surface area (Å²) in [7, 11) is 0. The Morgan fingerprint density at radius 3 is 1.14 bits per heavy atom. The van der Waals surface area contributed by atoms with E-state index in [4.69, 9.17) is 5.73 Å². The van der Waals surface area contributed by atoms with Crippen molar-refractivity contribution in [3.63, 3.8) is 0 Å². The van der Waals surface area contributed by atoms with Crippen LogP contribution < -0.4 is 5.73 Å². The van der Waals surface area contributed by atoms with Crippen molar-refractivity contribution in [3.05, 3.63) is 143 Å². The van der Waals surface area contributed by atoms with Gasteiger partial charge in [0.15, 0.2) is 0 Å². The van der Waals surface area contributed by atoms with Crippen LogP contribution in [0.5, 0.6) is 0 Å². The first kappa shape index (κ1) is 17.7. The minimum Gasteiger partial charge on any atom is -0.366 e. The van der Waals surface area contributed by atoms with E-state index in [1.54, 1.807) is 12.1 Å². The molecule has 0 aliphatic rings. The molecule has 0 aliphatic heterocycles. The molecule has 0 saturated heterocycles. The SMILES string of the molecule is NC(=O)c1ccc(C(c2ccccc2)(c2ccccc2)c2ccccc2)cc1. The Hall–Kier alpha value is -3.65. The van der Waals surface area contributed by atoms with Gasteiger partial charge in [-0.05, 0) is 34.4 Å². The van der Waals surface area contributed by atoms with E-state index in [-0.39, 0.29) is 0 Å². The molecule has 0 bridgehead atoms. The van der Waals surface area contributed by atoms with Crippen molar-refractivity contribution in [2.45, 2.75) is 5.41 Å². The van der Waals surface area contributed by atoms with Gasteiger partial charge in [0, 0.05) is 5.56 Å². The van der Waals surface area contributed by atoms with E-state index in [0.29, 0.717) is 5.56 Å². The van der Waals surface area contributed by atoms with Crippen molar-refractivity contribution in [3.8, 4) is 0 Å². The van der Waals surface area contributed by atoms with Gasteiger partial charge in [-0.25, -0.2) is 0 Å². The van der Waals surface area contributed by atoms with Gasteiger partial charge < -0.3 is 5.73 Å². The summed E-state index contributed by atoms with van der Waals surface area (Å²) >= 11 is 0. The van der Waals surface area contributed by atoms with E-state index in [2.05, 4.69) is 72.8 Å². The molecule has 0 spiro atoms. The summed E-state index contributed by atoms with van der Waals surface area (Å²) in [6, 6.07) is 39.0. The van der Waals surface area contributed by atoms with Gasteiger partial charge in [0.1, 0.15) is 0 Å². The molecule has 0 heterocycles. The number of rotatable bonds is 5. The van der Waals surface area contributed by atoms with Crippen LogP contribution in [-0.2, 0) is 5.41 Å². The maximum absolute atomic E-state index is 11.6. The van der Waals surface area contributed by atoms with Crippen LogP contribution in [0.1, 0.15) is 32.6 Å². The fourth-order valence-electron chi connectivity index (χ4n) is 3.95. The quantitative estimate of drug-likeness (QED) is 0.489. The van der Waals surface area contributed by atoms with Crippen LogP contribution in [0, 0.1) is 0 Å². The minimum absolute atomic E-state index is 0.420. The molecule has 4 aromatic rings. The smallest absolute Gasteiger partial charge is 0.248 e. The Morgan fingerprint density at radius 2 is 0.821 bits per heavy atom. The third-order valence-corrected chi connectivity index (χ3v) is 5.22. The van der Waals surface area contributed by atoms with Crippen LogP contribution in [0.25, 0.3) is 0 Å². The van der Waals surface area contributed by atoms with Gasteiger partial charge in [0.25, 0.3) is 0 Å². The predicted octanol–water partition coefficient (Wildman–Crippen LogP) is 5.17. The number of carbonyl (C=O) groups excluding carboxylic acids is 1. The summed E-state index contributed by atoms with van der Waals surface area (Å²) < 4.78 is 0. The molecule has 0 unspecified atom stereocenters. The van der Waals surface area contributed by atoms with Gasteiger partial charge >= 0.3 is 0 Å². The second-order valence-corrected chi connectivity index (χ2v) is 6.79. The molecule has 0 aliphatic carbocycles. The van der Waals surface area contributed by atoms with Gasteiger partial charge in [0.05, 0.1) is 5.41 Å². The third kappa shape index (κ3) is 2.99. The molecule has 0 atom stereocenters. The summed E-state index contributed by atoms with van der Waals surface area (Å²) in [5, 5.41) is 0. The highest BCUT2D eigenvalue weighted by atomic mass is 16.1. The van der Waals surface area contributed by atoms with E-state index in [1.807, 2.05) is 30.3 Å². The minimum atomic E-state index is -0.500. The topological polar surface area (TPSA) is 43.1 Å². The lowest BCUT2D eigenvalue weighted by atomic mass is 9.65. The molecule has 2 nitrogen and oxygen atoms in total. The summed E-state index contributed by atoms with van der Waals surface area (Å²) in [4.78, 5) is 11.6. The number of primary amides is 1. The molecule has 2 N–H and O–H groups in total. The van der Waals surface area contributed by atoms with Gasteiger partial charge in [-0.15, -0.1) is 0 Å². The van der Waals surface area contributed by atoms with E-state index in [9.17, 15) is 4.79 Å². The van der Waals surface area contributed by atoms with Gasteiger partial charge in [0.2, 0.25) is 5.91 Å². The summed E-state index contributed by atoms with van der Waals surface area (Å²) in [6.45, 7) is 0. The molecular formula is C26H21NO. The first-order valence-electron chi connectivity index (χ1n) is 9.30. The van der Waals surface area contributed by atoms with E-state index < -0.39 is 11.3 Å². The van der Waals surface area contributed by atoms with E-state index in [1.165, 1.54) is 16.7 Å². The van der Waals surface area contributed by atoms with Crippen molar-refractivity contribution in [2.24, 2.45) is 5.73 Å². The van der Waals surface area contributed by atoms with E-state index >= 15 is 0 Å². The zero-order chi connectivity index (χ0) is 19.4.